The molecule has 0 unspecified atom stereocenters. The van der Waals surface area contributed by atoms with Gasteiger partial charge in [-0.1, -0.05) is 44.0 Å². The number of benzene rings is 2. The standard InChI is InChI=1S/C23H24Br2N4S/c24-18-3-1-16(2-4-18)7-10-28-11-8-17(9-12-28)22-26-27-23-20-15-19(25)5-6-21(20)30-14-13-29(22)23/h1-6,15,17H,7-14H2. The van der Waals surface area contributed by atoms with Crippen LogP contribution in [0.25, 0.3) is 11.4 Å². The molecule has 0 amide bonds. The van der Waals surface area contributed by atoms with Gasteiger partial charge < -0.3 is 9.47 Å². The molecule has 1 fully saturated rings. The van der Waals surface area contributed by atoms with Gasteiger partial charge in [0.25, 0.3) is 0 Å². The minimum absolute atomic E-state index is 0.508. The molecule has 4 nitrogen and oxygen atoms in total. The van der Waals surface area contributed by atoms with E-state index >= 15 is 0 Å². The van der Waals surface area contributed by atoms with Crippen molar-refractivity contribution in [1.29, 1.82) is 0 Å². The van der Waals surface area contributed by atoms with Crippen LogP contribution in [0.15, 0.2) is 56.3 Å². The monoisotopic (exact) mass is 546 g/mol. The lowest BCUT2D eigenvalue weighted by atomic mass is 9.95. The van der Waals surface area contributed by atoms with Crippen molar-refractivity contribution in [2.45, 2.75) is 36.6 Å². The Hall–Kier alpha value is -1.15. The number of rotatable bonds is 4. The van der Waals surface area contributed by atoms with Gasteiger partial charge in [-0.2, -0.15) is 0 Å². The summed E-state index contributed by atoms with van der Waals surface area (Å²) in [5.74, 6) is 3.79. The van der Waals surface area contributed by atoms with Crippen LogP contribution < -0.4 is 0 Å². The largest absolute Gasteiger partial charge is 0.310 e. The SMILES string of the molecule is Brc1ccc(CCN2CCC(c3nnc4n3CCSc3ccc(Br)cc3-4)CC2)cc1. The van der Waals surface area contributed by atoms with Crippen molar-refractivity contribution in [3.8, 4) is 11.4 Å². The van der Waals surface area contributed by atoms with E-state index in [1.54, 1.807) is 0 Å². The van der Waals surface area contributed by atoms with E-state index in [-0.39, 0.29) is 0 Å². The fraction of sp³-hybridized carbons (Fsp3) is 0.391. The lowest BCUT2D eigenvalue weighted by molar-refractivity contribution is 0.210. The van der Waals surface area contributed by atoms with E-state index in [2.05, 4.69) is 94.0 Å². The molecule has 0 radical (unpaired) electrons. The average Bonchev–Trinajstić information content (AvgIpc) is 3.10. The fourth-order valence-electron chi connectivity index (χ4n) is 4.44. The second-order valence-corrected chi connectivity index (χ2v) is 11.0. The number of halogens is 2. The molecule has 1 saturated heterocycles. The maximum atomic E-state index is 4.68. The van der Waals surface area contributed by atoms with Crippen LogP contribution in [0.3, 0.4) is 0 Å². The third-order valence-electron chi connectivity index (χ3n) is 6.12. The third kappa shape index (κ3) is 4.40. The molecule has 7 heteroatoms. The molecule has 2 aliphatic heterocycles. The van der Waals surface area contributed by atoms with Gasteiger partial charge >= 0.3 is 0 Å². The highest BCUT2D eigenvalue weighted by molar-refractivity contribution is 9.10. The van der Waals surface area contributed by atoms with Gasteiger partial charge in [0.15, 0.2) is 5.82 Å². The van der Waals surface area contributed by atoms with Crippen molar-refractivity contribution in [3.05, 3.63) is 62.8 Å². The molecule has 0 N–H and O–H groups in total. The highest BCUT2D eigenvalue weighted by Crippen LogP contribution is 2.38. The van der Waals surface area contributed by atoms with Crippen LogP contribution in [0.5, 0.6) is 0 Å². The highest BCUT2D eigenvalue weighted by atomic mass is 79.9. The zero-order valence-corrected chi connectivity index (χ0v) is 20.7. The van der Waals surface area contributed by atoms with Crippen molar-refractivity contribution >= 4 is 43.6 Å². The Morgan fingerprint density at radius 2 is 1.70 bits per heavy atom. The van der Waals surface area contributed by atoms with E-state index in [1.165, 1.54) is 21.8 Å². The number of fused-ring (bicyclic) bond motifs is 3. The summed E-state index contributed by atoms with van der Waals surface area (Å²) >= 11 is 9.05. The number of aromatic nitrogens is 3. The first-order chi connectivity index (χ1) is 14.7. The first-order valence-corrected chi connectivity index (χ1v) is 13.1. The Balaban J connectivity index is 1.26. The lowest BCUT2D eigenvalue weighted by Gasteiger charge is -2.31. The fourth-order valence-corrected chi connectivity index (χ4v) is 6.03. The van der Waals surface area contributed by atoms with E-state index in [9.17, 15) is 0 Å². The molecular formula is C23H24Br2N4S. The number of hydrogen-bond donors (Lipinski definition) is 0. The maximum absolute atomic E-state index is 4.68. The summed E-state index contributed by atoms with van der Waals surface area (Å²) in [6.45, 7) is 4.39. The molecule has 2 aliphatic rings. The second-order valence-electron chi connectivity index (χ2n) is 8.01. The lowest BCUT2D eigenvalue weighted by Crippen LogP contribution is -2.35. The molecule has 0 aliphatic carbocycles. The molecule has 0 bridgehead atoms. The van der Waals surface area contributed by atoms with E-state index in [0.717, 1.165) is 66.0 Å². The summed E-state index contributed by atoms with van der Waals surface area (Å²) in [4.78, 5) is 3.90. The number of thioether (sulfide) groups is 1. The van der Waals surface area contributed by atoms with Crippen molar-refractivity contribution in [2.75, 3.05) is 25.4 Å². The smallest absolute Gasteiger partial charge is 0.165 e. The van der Waals surface area contributed by atoms with Gasteiger partial charge in [0.1, 0.15) is 5.82 Å². The Bertz CT molecular complexity index is 1030. The van der Waals surface area contributed by atoms with Crippen LogP contribution in [0.1, 0.15) is 30.1 Å². The molecule has 0 atom stereocenters. The predicted octanol–water partition coefficient (Wildman–Crippen LogP) is 6.00. The number of hydrogen-bond acceptors (Lipinski definition) is 4. The zero-order chi connectivity index (χ0) is 20.5. The van der Waals surface area contributed by atoms with E-state index in [4.69, 9.17) is 0 Å². The molecule has 0 spiro atoms. The number of nitrogens with zero attached hydrogens (tertiary/aromatic N) is 4. The van der Waals surface area contributed by atoms with Crippen LogP contribution in [-0.2, 0) is 13.0 Å². The van der Waals surface area contributed by atoms with E-state index < -0.39 is 0 Å². The molecule has 3 heterocycles. The van der Waals surface area contributed by atoms with Gasteiger partial charge in [-0.05, 0) is 68.2 Å². The number of likely N-dealkylation sites (tertiary alicyclic amines) is 1. The summed E-state index contributed by atoms with van der Waals surface area (Å²) in [6.07, 6.45) is 3.44. The van der Waals surface area contributed by atoms with E-state index in [1.807, 2.05) is 11.8 Å². The molecule has 156 valence electrons. The molecule has 2 aromatic carbocycles. The van der Waals surface area contributed by atoms with Crippen molar-refractivity contribution < 1.29 is 0 Å². The van der Waals surface area contributed by atoms with Gasteiger partial charge in [0.05, 0.1) is 0 Å². The van der Waals surface area contributed by atoms with Crippen molar-refractivity contribution in [2.24, 2.45) is 0 Å². The van der Waals surface area contributed by atoms with Crippen LogP contribution >= 0.6 is 43.6 Å². The Kier molecular flexibility index (Phi) is 6.32. The van der Waals surface area contributed by atoms with Gasteiger partial charge in [-0.15, -0.1) is 22.0 Å². The first kappa shape index (κ1) is 20.7. The van der Waals surface area contributed by atoms with Gasteiger partial charge in [0.2, 0.25) is 0 Å². The summed E-state index contributed by atoms with van der Waals surface area (Å²) in [7, 11) is 0. The van der Waals surface area contributed by atoms with E-state index in [0.29, 0.717) is 5.92 Å². The Morgan fingerprint density at radius 1 is 0.933 bits per heavy atom. The number of piperidine rings is 1. The zero-order valence-electron chi connectivity index (χ0n) is 16.7. The van der Waals surface area contributed by atoms with Crippen molar-refractivity contribution in [1.82, 2.24) is 19.7 Å². The van der Waals surface area contributed by atoms with Gasteiger partial charge in [0, 0.05) is 44.2 Å². The predicted molar refractivity (Wildman–Crippen MR) is 130 cm³/mol. The maximum Gasteiger partial charge on any atom is 0.165 e. The van der Waals surface area contributed by atoms with Crippen LogP contribution in [0, 0.1) is 0 Å². The molecule has 3 aromatic rings. The molecule has 5 rings (SSSR count). The van der Waals surface area contributed by atoms with Gasteiger partial charge in [-0.3, -0.25) is 0 Å². The molecule has 1 aromatic heterocycles. The van der Waals surface area contributed by atoms with Crippen LogP contribution in [-0.4, -0.2) is 45.1 Å². The molecule has 30 heavy (non-hydrogen) atoms. The first-order valence-electron chi connectivity index (χ1n) is 10.5. The summed E-state index contributed by atoms with van der Waals surface area (Å²) in [5.41, 5.74) is 2.61. The molecule has 0 saturated carbocycles. The van der Waals surface area contributed by atoms with Crippen molar-refractivity contribution in [3.63, 3.8) is 0 Å². The minimum Gasteiger partial charge on any atom is -0.310 e. The Morgan fingerprint density at radius 3 is 2.50 bits per heavy atom. The topological polar surface area (TPSA) is 34.0 Å². The normalized spacial score (nSPS) is 17.4. The molecular weight excluding hydrogens is 524 g/mol. The quantitative estimate of drug-likeness (QED) is 0.401. The van der Waals surface area contributed by atoms with Crippen LogP contribution in [0.2, 0.25) is 0 Å². The summed E-state index contributed by atoms with van der Waals surface area (Å²) in [6, 6.07) is 15.2. The summed E-state index contributed by atoms with van der Waals surface area (Å²) < 4.78 is 4.62. The second kappa shape index (κ2) is 9.15. The van der Waals surface area contributed by atoms with Crippen LogP contribution in [0.4, 0.5) is 0 Å². The minimum atomic E-state index is 0.508. The summed E-state index contributed by atoms with van der Waals surface area (Å²) in [5, 5.41) is 9.32. The highest BCUT2D eigenvalue weighted by Gasteiger charge is 2.28. The van der Waals surface area contributed by atoms with Gasteiger partial charge in [-0.25, -0.2) is 0 Å². The Labute approximate surface area is 198 Å². The average molecular weight is 548 g/mol. The third-order valence-corrected chi connectivity index (χ3v) is 8.19.